The van der Waals surface area contributed by atoms with E-state index in [9.17, 15) is 19.8 Å². The average Bonchev–Trinajstić information content (AvgIpc) is 2.73. The number of carbonyl (C=O) groups is 2. The van der Waals surface area contributed by atoms with Crippen LogP contribution in [0.4, 0.5) is 0 Å². The number of hydrogen-bond acceptors (Lipinski definition) is 5. The summed E-state index contributed by atoms with van der Waals surface area (Å²) in [4.78, 5) is 24.6. The molecule has 5 heteroatoms. The molecule has 3 rings (SSSR count). The summed E-state index contributed by atoms with van der Waals surface area (Å²) >= 11 is 0. The van der Waals surface area contributed by atoms with Gasteiger partial charge in [-0.3, -0.25) is 4.79 Å². The lowest BCUT2D eigenvalue weighted by molar-refractivity contribution is 0.0471. The molecule has 3 aromatic rings. The van der Waals surface area contributed by atoms with Crippen LogP contribution >= 0.6 is 0 Å². The first-order chi connectivity index (χ1) is 13.4. The molecular formula is C23H22O5. The van der Waals surface area contributed by atoms with E-state index in [1.54, 1.807) is 36.4 Å². The number of aromatic hydroxyl groups is 2. The van der Waals surface area contributed by atoms with Gasteiger partial charge in [0.05, 0.1) is 0 Å². The van der Waals surface area contributed by atoms with Crippen molar-refractivity contribution < 1.29 is 24.5 Å². The Labute approximate surface area is 163 Å². The number of rotatable bonds is 6. The van der Waals surface area contributed by atoms with Gasteiger partial charge in [0.2, 0.25) is 0 Å². The van der Waals surface area contributed by atoms with Crippen LogP contribution in [0.5, 0.6) is 11.5 Å². The first kappa shape index (κ1) is 19.4. The molecule has 3 aromatic carbocycles. The fraction of sp³-hybridized carbons (Fsp3) is 0.217. The Bertz CT molecular complexity index is 1020. The third-order valence-electron chi connectivity index (χ3n) is 4.96. The monoisotopic (exact) mass is 378 g/mol. The Morgan fingerprint density at radius 1 is 1.00 bits per heavy atom. The first-order valence-electron chi connectivity index (χ1n) is 9.16. The van der Waals surface area contributed by atoms with E-state index in [4.69, 9.17) is 4.74 Å². The number of fused-ring (bicyclic) bond motifs is 1. The maximum atomic E-state index is 12.3. The zero-order chi connectivity index (χ0) is 20.3. The van der Waals surface area contributed by atoms with Crippen molar-refractivity contribution in [2.45, 2.75) is 26.2 Å². The lowest BCUT2D eigenvalue weighted by Crippen LogP contribution is -2.14. The topological polar surface area (TPSA) is 83.8 Å². The molecule has 28 heavy (non-hydrogen) atoms. The summed E-state index contributed by atoms with van der Waals surface area (Å²) in [6.07, 6.45) is 1.01. The van der Waals surface area contributed by atoms with Crippen LogP contribution in [0.15, 0.2) is 54.6 Å². The van der Waals surface area contributed by atoms with E-state index in [1.165, 1.54) is 0 Å². The predicted octanol–water partition coefficient (Wildman–Crippen LogP) is 4.80. The maximum absolute atomic E-state index is 12.3. The van der Waals surface area contributed by atoms with Gasteiger partial charge in [-0.05, 0) is 24.0 Å². The van der Waals surface area contributed by atoms with Gasteiger partial charge in [0, 0.05) is 16.3 Å². The van der Waals surface area contributed by atoms with Crippen molar-refractivity contribution in [1.82, 2.24) is 0 Å². The Morgan fingerprint density at radius 3 is 2.29 bits per heavy atom. The number of ketones is 1. The van der Waals surface area contributed by atoms with Crippen molar-refractivity contribution >= 4 is 22.5 Å². The van der Waals surface area contributed by atoms with Crippen molar-refractivity contribution in [2.24, 2.45) is 0 Å². The molecule has 0 aliphatic heterocycles. The van der Waals surface area contributed by atoms with E-state index in [0.29, 0.717) is 22.3 Å². The second-order valence-electron chi connectivity index (χ2n) is 6.77. The summed E-state index contributed by atoms with van der Waals surface area (Å²) in [6.45, 7) is 3.77. The molecule has 5 nitrogen and oxygen atoms in total. The molecule has 0 fully saturated rings. The summed E-state index contributed by atoms with van der Waals surface area (Å²) < 4.78 is 5.07. The number of benzene rings is 3. The van der Waals surface area contributed by atoms with Crippen LogP contribution in [0.3, 0.4) is 0 Å². The minimum Gasteiger partial charge on any atom is -0.507 e. The third kappa shape index (κ3) is 3.83. The summed E-state index contributed by atoms with van der Waals surface area (Å²) in [6, 6.07) is 15.0. The number of hydrogen-bond donors (Lipinski definition) is 2. The number of ether oxygens (including phenoxy) is 1. The fourth-order valence-electron chi connectivity index (χ4n) is 3.02. The van der Waals surface area contributed by atoms with Gasteiger partial charge in [0.15, 0.2) is 12.4 Å². The van der Waals surface area contributed by atoms with Crippen molar-refractivity contribution in [1.29, 1.82) is 0 Å². The first-order valence-corrected chi connectivity index (χ1v) is 9.16. The highest BCUT2D eigenvalue weighted by Crippen LogP contribution is 2.35. The lowest BCUT2D eigenvalue weighted by atomic mass is 9.97. The summed E-state index contributed by atoms with van der Waals surface area (Å²) in [5.41, 5.74) is 1.41. The molecule has 0 radical (unpaired) electrons. The van der Waals surface area contributed by atoms with Gasteiger partial charge in [-0.2, -0.15) is 0 Å². The smallest absolute Gasteiger partial charge is 0.342 e. The van der Waals surface area contributed by atoms with Gasteiger partial charge in [0.1, 0.15) is 17.1 Å². The minimum absolute atomic E-state index is 0.146. The van der Waals surface area contributed by atoms with Crippen LogP contribution in [-0.2, 0) is 4.74 Å². The Hall–Kier alpha value is -3.34. The Balaban J connectivity index is 1.73. The van der Waals surface area contributed by atoms with Crippen LogP contribution in [0.1, 0.15) is 52.5 Å². The second-order valence-corrected chi connectivity index (χ2v) is 6.77. The number of Topliss-reactive ketones (excluding diaryl/α,β-unsaturated/α-hetero) is 1. The van der Waals surface area contributed by atoms with Crippen LogP contribution in [0, 0.1) is 0 Å². The van der Waals surface area contributed by atoms with Gasteiger partial charge in [0.25, 0.3) is 0 Å². The molecule has 0 saturated heterocycles. The summed E-state index contributed by atoms with van der Waals surface area (Å²) in [5, 5.41) is 21.2. The molecule has 0 aliphatic rings. The highest BCUT2D eigenvalue weighted by Gasteiger charge is 2.19. The van der Waals surface area contributed by atoms with E-state index in [2.05, 4.69) is 13.8 Å². The number of phenolic OH excluding ortho intramolecular Hbond substituents is 2. The van der Waals surface area contributed by atoms with Gasteiger partial charge < -0.3 is 14.9 Å². The predicted molar refractivity (Wildman–Crippen MR) is 107 cm³/mol. The van der Waals surface area contributed by atoms with Crippen LogP contribution < -0.4 is 0 Å². The molecule has 0 heterocycles. The van der Waals surface area contributed by atoms with Crippen LogP contribution in [0.25, 0.3) is 10.8 Å². The quantitative estimate of drug-likeness (QED) is 0.365. The van der Waals surface area contributed by atoms with E-state index < -0.39 is 12.6 Å². The number of phenols is 2. The van der Waals surface area contributed by atoms with E-state index in [0.717, 1.165) is 18.1 Å². The maximum Gasteiger partial charge on any atom is 0.342 e. The average molecular weight is 378 g/mol. The van der Waals surface area contributed by atoms with Crippen LogP contribution in [0.2, 0.25) is 0 Å². The number of esters is 1. The summed E-state index contributed by atoms with van der Waals surface area (Å²) in [7, 11) is 0. The molecule has 2 N–H and O–H groups in total. The Kier molecular flexibility index (Phi) is 5.64. The van der Waals surface area contributed by atoms with Crippen molar-refractivity contribution in [3.63, 3.8) is 0 Å². The zero-order valence-corrected chi connectivity index (χ0v) is 15.8. The van der Waals surface area contributed by atoms with Crippen molar-refractivity contribution in [3.05, 3.63) is 71.3 Å². The fourth-order valence-corrected chi connectivity index (χ4v) is 3.02. The van der Waals surface area contributed by atoms with Crippen molar-refractivity contribution in [3.8, 4) is 11.5 Å². The molecular weight excluding hydrogens is 356 g/mol. The molecule has 144 valence electrons. The molecule has 0 unspecified atom stereocenters. The normalized spacial score (nSPS) is 11.9. The molecule has 0 aliphatic carbocycles. The summed E-state index contributed by atoms with van der Waals surface area (Å²) in [5.74, 6) is -1.24. The molecule has 0 bridgehead atoms. The van der Waals surface area contributed by atoms with Crippen LogP contribution in [-0.4, -0.2) is 28.6 Å². The standard InChI is InChI=1S/C23H22O5/c1-3-14(2)15-8-10-16(11-9-15)21(25)13-28-23(27)19-12-20(24)17-6-4-5-7-18(17)22(19)26/h4-12,14,24,26H,3,13H2,1-2H3/t14-/m0/s1. The van der Waals surface area contributed by atoms with Crippen molar-refractivity contribution in [2.75, 3.05) is 6.61 Å². The highest BCUT2D eigenvalue weighted by atomic mass is 16.5. The molecule has 1 atom stereocenters. The van der Waals surface area contributed by atoms with Gasteiger partial charge >= 0.3 is 5.97 Å². The molecule has 0 saturated carbocycles. The highest BCUT2D eigenvalue weighted by molar-refractivity contribution is 6.05. The van der Waals surface area contributed by atoms with E-state index >= 15 is 0 Å². The SMILES string of the molecule is CC[C@H](C)c1ccc(C(=O)COC(=O)c2cc(O)c3ccccc3c2O)cc1. The zero-order valence-electron chi connectivity index (χ0n) is 15.8. The van der Waals surface area contributed by atoms with Gasteiger partial charge in [-0.15, -0.1) is 0 Å². The van der Waals surface area contributed by atoms with E-state index in [1.807, 2.05) is 12.1 Å². The van der Waals surface area contributed by atoms with Gasteiger partial charge in [-0.1, -0.05) is 62.4 Å². The largest absolute Gasteiger partial charge is 0.507 e. The third-order valence-corrected chi connectivity index (χ3v) is 4.96. The molecule has 0 aromatic heterocycles. The second kappa shape index (κ2) is 8.13. The molecule has 0 amide bonds. The van der Waals surface area contributed by atoms with E-state index in [-0.39, 0.29) is 22.8 Å². The minimum atomic E-state index is -0.872. The van der Waals surface area contributed by atoms with Gasteiger partial charge in [-0.25, -0.2) is 4.79 Å². The lowest BCUT2D eigenvalue weighted by Gasteiger charge is -2.11. The Morgan fingerprint density at radius 2 is 1.64 bits per heavy atom. The number of carbonyl (C=O) groups excluding carboxylic acids is 2. The molecule has 0 spiro atoms.